The smallest absolute Gasteiger partial charge is 0.0159 e. The maximum absolute atomic E-state index is 2.44. The van der Waals surface area contributed by atoms with Crippen molar-refractivity contribution in [3.05, 3.63) is 193 Å². The van der Waals surface area contributed by atoms with Crippen LogP contribution in [0, 0.1) is 0 Å². The van der Waals surface area contributed by atoms with E-state index in [1.54, 1.807) is 0 Å². The summed E-state index contributed by atoms with van der Waals surface area (Å²) in [5.74, 6) is 0. The van der Waals surface area contributed by atoms with E-state index < -0.39 is 0 Å². The molecule has 0 radical (unpaired) electrons. The van der Waals surface area contributed by atoms with Gasteiger partial charge in [0.1, 0.15) is 0 Å². The zero-order chi connectivity index (χ0) is 35.3. The second-order valence-corrected chi connectivity index (χ2v) is 15.3. The van der Waals surface area contributed by atoms with Gasteiger partial charge in [0.25, 0.3) is 0 Å². The fourth-order valence-electron chi connectivity index (χ4n) is 9.33. The van der Waals surface area contributed by atoms with E-state index in [9.17, 15) is 0 Å². The average Bonchev–Trinajstić information content (AvgIpc) is 3.45. The molecule has 0 aromatic heterocycles. The average molecular weight is 673 g/mol. The van der Waals surface area contributed by atoms with Crippen LogP contribution in [-0.4, -0.2) is 0 Å². The summed E-state index contributed by atoms with van der Waals surface area (Å²) in [5, 5.41) is 13.0. The van der Waals surface area contributed by atoms with Gasteiger partial charge in [0, 0.05) is 5.41 Å². The van der Waals surface area contributed by atoms with Crippen LogP contribution < -0.4 is 0 Å². The molecule has 0 amide bonds. The molecular formula is C53H36. The van der Waals surface area contributed by atoms with Gasteiger partial charge in [-0.25, -0.2) is 0 Å². The van der Waals surface area contributed by atoms with Crippen LogP contribution in [0.3, 0.4) is 0 Å². The van der Waals surface area contributed by atoms with Gasteiger partial charge in [0.2, 0.25) is 0 Å². The van der Waals surface area contributed by atoms with Gasteiger partial charge in [-0.3, -0.25) is 0 Å². The summed E-state index contributed by atoms with van der Waals surface area (Å²) in [5.41, 5.74) is 13.0. The van der Waals surface area contributed by atoms with Crippen molar-refractivity contribution in [1.29, 1.82) is 0 Å². The molecule has 0 heteroatoms. The van der Waals surface area contributed by atoms with Crippen molar-refractivity contribution in [2.75, 3.05) is 0 Å². The molecule has 0 fully saturated rings. The number of hydrogen-bond donors (Lipinski definition) is 0. The molecule has 0 spiro atoms. The number of fused-ring (bicyclic) bond motifs is 12. The maximum Gasteiger partial charge on any atom is 0.0159 e. The van der Waals surface area contributed by atoms with E-state index in [0.717, 1.165) is 0 Å². The molecule has 0 bridgehead atoms. The van der Waals surface area contributed by atoms with E-state index in [2.05, 4.69) is 196 Å². The molecule has 0 aliphatic heterocycles. The lowest BCUT2D eigenvalue weighted by Gasteiger charge is -2.22. The van der Waals surface area contributed by atoms with Crippen LogP contribution in [0.2, 0.25) is 0 Å². The van der Waals surface area contributed by atoms with Gasteiger partial charge in [-0.1, -0.05) is 166 Å². The summed E-state index contributed by atoms with van der Waals surface area (Å²) in [4.78, 5) is 0. The first kappa shape index (κ1) is 30.2. The monoisotopic (exact) mass is 672 g/mol. The number of rotatable bonds is 3. The van der Waals surface area contributed by atoms with Crippen molar-refractivity contribution in [3.8, 4) is 44.5 Å². The first-order chi connectivity index (χ1) is 26.0. The van der Waals surface area contributed by atoms with Crippen molar-refractivity contribution in [3.63, 3.8) is 0 Å². The van der Waals surface area contributed by atoms with E-state index >= 15 is 0 Å². The number of benzene rings is 10. The Balaban J connectivity index is 1.01. The quantitative estimate of drug-likeness (QED) is 0.164. The van der Waals surface area contributed by atoms with E-state index in [-0.39, 0.29) is 5.41 Å². The van der Waals surface area contributed by atoms with Crippen molar-refractivity contribution >= 4 is 53.9 Å². The minimum absolute atomic E-state index is 0.0859. The highest BCUT2D eigenvalue weighted by atomic mass is 14.4. The summed E-state index contributed by atoms with van der Waals surface area (Å²) in [7, 11) is 0. The van der Waals surface area contributed by atoms with E-state index in [4.69, 9.17) is 0 Å². The first-order valence-corrected chi connectivity index (χ1v) is 18.7. The predicted octanol–water partition coefficient (Wildman–Crippen LogP) is 14.8. The van der Waals surface area contributed by atoms with Crippen molar-refractivity contribution in [1.82, 2.24) is 0 Å². The van der Waals surface area contributed by atoms with Crippen LogP contribution in [-0.2, 0) is 5.41 Å². The van der Waals surface area contributed by atoms with Crippen LogP contribution in [0.25, 0.3) is 98.4 Å². The molecule has 10 aromatic rings. The highest BCUT2D eigenvalue weighted by Gasteiger charge is 2.36. The highest BCUT2D eigenvalue weighted by molar-refractivity contribution is 6.33. The molecule has 10 aromatic carbocycles. The Morgan fingerprint density at radius 2 is 0.717 bits per heavy atom. The minimum Gasteiger partial charge on any atom is -0.0622 e. The minimum atomic E-state index is -0.0859. The van der Waals surface area contributed by atoms with E-state index in [1.165, 1.54) is 109 Å². The fraction of sp³-hybridized carbons (Fsp3) is 0.0566. The van der Waals surface area contributed by atoms with Gasteiger partial charge >= 0.3 is 0 Å². The van der Waals surface area contributed by atoms with Crippen molar-refractivity contribution < 1.29 is 0 Å². The first-order valence-electron chi connectivity index (χ1n) is 18.7. The van der Waals surface area contributed by atoms with Gasteiger partial charge in [-0.15, -0.1) is 0 Å². The molecule has 0 saturated carbocycles. The normalized spacial score (nSPS) is 13.2. The summed E-state index contributed by atoms with van der Waals surface area (Å²) in [6.07, 6.45) is 0. The largest absolute Gasteiger partial charge is 0.0622 e. The van der Waals surface area contributed by atoms with Crippen LogP contribution in [0.5, 0.6) is 0 Å². The van der Waals surface area contributed by atoms with Gasteiger partial charge in [0.05, 0.1) is 0 Å². The molecule has 0 heterocycles. The Hall–Kier alpha value is -6.50. The van der Waals surface area contributed by atoms with Gasteiger partial charge < -0.3 is 0 Å². The van der Waals surface area contributed by atoms with Crippen molar-refractivity contribution in [2.24, 2.45) is 0 Å². The third kappa shape index (κ3) is 4.49. The van der Waals surface area contributed by atoms with E-state index in [0.29, 0.717) is 0 Å². The summed E-state index contributed by atoms with van der Waals surface area (Å²) < 4.78 is 0. The topological polar surface area (TPSA) is 0 Å². The Labute approximate surface area is 309 Å². The summed E-state index contributed by atoms with van der Waals surface area (Å²) >= 11 is 0. The Bertz CT molecular complexity index is 3120. The Kier molecular flexibility index (Phi) is 6.40. The molecule has 0 saturated heterocycles. The summed E-state index contributed by atoms with van der Waals surface area (Å²) in [6.45, 7) is 4.75. The fourth-order valence-corrected chi connectivity index (χ4v) is 9.33. The lowest BCUT2D eigenvalue weighted by Crippen LogP contribution is -2.15. The van der Waals surface area contributed by atoms with Gasteiger partial charge in [-0.2, -0.15) is 0 Å². The molecule has 0 nitrogen and oxygen atoms in total. The number of hydrogen-bond acceptors (Lipinski definition) is 0. The lowest BCUT2D eigenvalue weighted by atomic mass is 9.81. The van der Waals surface area contributed by atoms with E-state index in [1.807, 2.05) is 0 Å². The molecule has 248 valence electrons. The zero-order valence-corrected chi connectivity index (χ0v) is 29.8. The van der Waals surface area contributed by atoms with Gasteiger partial charge in [-0.05, 0) is 140 Å². The molecule has 53 heavy (non-hydrogen) atoms. The second kappa shape index (κ2) is 11.2. The molecule has 1 aliphatic carbocycles. The van der Waals surface area contributed by atoms with Crippen LogP contribution in [0.1, 0.15) is 25.0 Å². The third-order valence-electron chi connectivity index (χ3n) is 12.0. The zero-order valence-electron chi connectivity index (χ0n) is 29.8. The van der Waals surface area contributed by atoms with Crippen LogP contribution in [0.15, 0.2) is 182 Å². The summed E-state index contributed by atoms with van der Waals surface area (Å²) in [6, 6.07) is 67.9. The van der Waals surface area contributed by atoms with Crippen LogP contribution >= 0.6 is 0 Å². The van der Waals surface area contributed by atoms with Crippen molar-refractivity contribution in [2.45, 2.75) is 19.3 Å². The molecule has 0 atom stereocenters. The molecule has 0 unspecified atom stereocenters. The molecule has 0 N–H and O–H groups in total. The second-order valence-electron chi connectivity index (χ2n) is 15.3. The molecular weight excluding hydrogens is 637 g/mol. The molecule has 1 aliphatic rings. The molecule has 11 rings (SSSR count). The predicted molar refractivity (Wildman–Crippen MR) is 228 cm³/mol. The Morgan fingerprint density at radius 3 is 1.36 bits per heavy atom. The van der Waals surface area contributed by atoms with Crippen LogP contribution in [0.4, 0.5) is 0 Å². The maximum atomic E-state index is 2.44. The Morgan fingerprint density at radius 1 is 0.283 bits per heavy atom. The lowest BCUT2D eigenvalue weighted by molar-refractivity contribution is 0.661. The third-order valence-corrected chi connectivity index (χ3v) is 12.0. The SMILES string of the molecule is CC1(C)c2cc(-c3ccccc3)ccc2-c2ccc(-c3ccc4cc(-c5cc6c7ccccc7c7ccccc7c6c6ccccc56)ccc4c3)cc21. The van der Waals surface area contributed by atoms with Gasteiger partial charge in [0.15, 0.2) is 0 Å². The standard InChI is InChI=1S/C53H36/c1-53(2)50-30-37(33-12-4-3-5-13-33)24-26-44(50)45-27-25-38(31-51(45)53)35-20-21-36-29-39(23-22-34(36)28-35)48-32-49-42-16-7-6-14-40(42)41-15-8-10-18-46(41)52(49)47-19-11-9-17-43(47)48/h3-32H,1-2H3. The highest BCUT2D eigenvalue weighted by Crippen LogP contribution is 2.51.